The molecular formula is C15H26N4O3S2. The minimum Gasteiger partial charge on any atom is -0.379 e. The Bertz CT molecular complexity index is 637. The van der Waals surface area contributed by atoms with Gasteiger partial charge in [0.25, 0.3) is 10.0 Å². The average molecular weight is 375 g/mol. The van der Waals surface area contributed by atoms with Gasteiger partial charge in [-0.25, -0.2) is 13.4 Å². The van der Waals surface area contributed by atoms with E-state index in [1.165, 1.54) is 15.6 Å². The summed E-state index contributed by atoms with van der Waals surface area (Å²) in [6.45, 7) is 7.96. The van der Waals surface area contributed by atoms with Crippen molar-refractivity contribution < 1.29 is 13.2 Å². The molecule has 136 valence electrons. The van der Waals surface area contributed by atoms with Crippen molar-refractivity contribution in [1.29, 1.82) is 0 Å². The van der Waals surface area contributed by atoms with Crippen LogP contribution in [0.1, 0.15) is 25.1 Å². The maximum atomic E-state index is 12.6. The van der Waals surface area contributed by atoms with Crippen LogP contribution in [-0.4, -0.2) is 58.1 Å². The Morgan fingerprint density at radius 3 is 2.71 bits per heavy atom. The molecule has 0 saturated carbocycles. The Morgan fingerprint density at radius 2 is 2.04 bits per heavy atom. The van der Waals surface area contributed by atoms with Crippen LogP contribution >= 0.6 is 11.3 Å². The largest absolute Gasteiger partial charge is 0.379 e. The summed E-state index contributed by atoms with van der Waals surface area (Å²) in [6.07, 6.45) is 1.02. The molecule has 0 aliphatic carbocycles. The second kappa shape index (κ2) is 9.36. The Kier molecular flexibility index (Phi) is 7.47. The van der Waals surface area contributed by atoms with E-state index in [0.717, 1.165) is 30.3 Å². The van der Waals surface area contributed by atoms with Crippen LogP contribution in [-0.2, 0) is 21.3 Å². The van der Waals surface area contributed by atoms with Gasteiger partial charge in [0.15, 0.2) is 5.96 Å². The van der Waals surface area contributed by atoms with Crippen LogP contribution in [0.2, 0.25) is 0 Å². The van der Waals surface area contributed by atoms with Gasteiger partial charge >= 0.3 is 0 Å². The lowest BCUT2D eigenvalue weighted by Gasteiger charge is -2.25. The molecule has 1 aliphatic heterocycles. The van der Waals surface area contributed by atoms with Crippen molar-refractivity contribution in [3.63, 3.8) is 0 Å². The van der Waals surface area contributed by atoms with Crippen LogP contribution in [0.15, 0.2) is 21.3 Å². The molecule has 1 aromatic rings. The lowest BCUT2D eigenvalue weighted by atomic mass is 10.4. The molecule has 1 aliphatic rings. The molecule has 2 N–H and O–H groups in total. The van der Waals surface area contributed by atoms with Gasteiger partial charge in [-0.1, -0.05) is 6.92 Å². The van der Waals surface area contributed by atoms with E-state index in [4.69, 9.17) is 4.74 Å². The highest BCUT2D eigenvalue weighted by molar-refractivity contribution is 7.91. The quantitative estimate of drug-likeness (QED) is 0.554. The smallest absolute Gasteiger partial charge is 0.252 e. The minimum absolute atomic E-state index is 0.376. The fourth-order valence-electron chi connectivity index (χ4n) is 2.24. The molecule has 0 bridgehead atoms. The maximum Gasteiger partial charge on any atom is 0.252 e. The molecule has 9 heteroatoms. The molecule has 2 rings (SSSR count). The summed E-state index contributed by atoms with van der Waals surface area (Å²) in [6, 6.07) is 3.51. The second-order valence-electron chi connectivity index (χ2n) is 5.36. The van der Waals surface area contributed by atoms with Gasteiger partial charge in [-0.2, -0.15) is 4.31 Å². The van der Waals surface area contributed by atoms with Crippen LogP contribution < -0.4 is 10.6 Å². The number of ether oxygens (including phenoxy) is 1. The molecule has 0 unspecified atom stereocenters. The molecule has 1 aromatic heterocycles. The van der Waals surface area contributed by atoms with Crippen molar-refractivity contribution in [3.05, 3.63) is 17.0 Å². The lowest BCUT2D eigenvalue weighted by molar-refractivity contribution is 0.0731. The highest BCUT2D eigenvalue weighted by atomic mass is 32.2. The highest BCUT2D eigenvalue weighted by Crippen LogP contribution is 2.26. The van der Waals surface area contributed by atoms with E-state index < -0.39 is 10.0 Å². The molecule has 24 heavy (non-hydrogen) atoms. The fraction of sp³-hybridized carbons (Fsp3) is 0.667. The van der Waals surface area contributed by atoms with Gasteiger partial charge in [0.1, 0.15) is 4.21 Å². The number of nitrogens with zero attached hydrogens (tertiary/aromatic N) is 2. The zero-order valence-corrected chi connectivity index (χ0v) is 15.9. The second-order valence-corrected chi connectivity index (χ2v) is 8.69. The molecule has 1 saturated heterocycles. The summed E-state index contributed by atoms with van der Waals surface area (Å²) in [7, 11) is -3.41. The summed E-state index contributed by atoms with van der Waals surface area (Å²) in [5, 5.41) is 6.41. The Hall–Kier alpha value is -1.16. The standard InChI is InChI=1S/C15H26N4O3S2/c1-3-7-17-15(16-4-2)18-12-13-5-6-14(23-13)24(20,21)19-8-10-22-11-9-19/h5-6H,3-4,7-12H2,1-2H3,(H2,16,17,18). The Balaban J connectivity index is 2.03. The Labute approximate surface area is 148 Å². The first-order valence-corrected chi connectivity index (χ1v) is 10.5. The summed E-state index contributed by atoms with van der Waals surface area (Å²) < 4.78 is 32.3. The molecule has 0 spiro atoms. The summed E-state index contributed by atoms with van der Waals surface area (Å²) >= 11 is 1.28. The van der Waals surface area contributed by atoms with Gasteiger partial charge in [0.05, 0.1) is 19.8 Å². The van der Waals surface area contributed by atoms with Gasteiger partial charge in [-0.05, 0) is 25.5 Å². The molecule has 0 aromatic carbocycles. The van der Waals surface area contributed by atoms with Crippen LogP contribution in [0.25, 0.3) is 0 Å². The van der Waals surface area contributed by atoms with Crippen molar-refractivity contribution in [2.24, 2.45) is 4.99 Å². The fourth-order valence-corrected chi connectivity index (χ4v) is 5.08. The first-order valence-electron chi connectivity index (χ1n) is 8.26. The van der Waals surface area contributed by atoms with Gasteiger partial charge < -0.3 is 15.4 Å². The van der Waals surface area contributed by atoms with E-state index in [1.54, 1.807) is 6.07 Å². The Morgan fingerprint density at radius 1 is 1.29 bits per heavy atom. The summed E-state index contributed by atoms with van der Waals surface area (Å²) in [5.74, 6) is 0.755. The zero-order chi connectivity index (χ0) is 17.4. The summed E-state index contributed by atoms with van der Waals surface area (Å²) in [4.78, 5) is 5.43. The topological polar surface area (TPSA) is 83.0 Å². The molecular weight excluding hydrogens is 348 g/mol. The van der Waals surface area contributed by atoms with E-state index in [0.29, 0.717) is 37.1 Å². The van der Waals surface area contributed by atoms with E-state index in [1.807, 2.05) is 13.0 Å². The number of guanidine groups is 1. The first-order chi connectivity index (χ1) is 11.6. The number of hydrogen-bond donors (Lipinski definition) is 2. The van der Waals surface area contributed by atoms with Gasteiger partial charge in [-0.15, -0.1) is 11.3 Å². The van der Waals surface area contributed by atoms with Gasteiger partial charge in [-0.3, -0.25) is 0 Å². The van der Waals surface area contributed by atoms with Crippen LogP contribution in [0, 0.1) is 0 Å². The molecule has 7 nitrogen and oxygen atoms in total. The van der Waals surface area contributed by atoms with E-state index in [9.17, 15) is 8.42 Å². The number of rotatable bonds is 7. The van der Waals surface area contributed by atoms with Crippen LogP contribution in [0.4, 0.5) is 0 Å². The molecule has 1 fully saturated rings. The molecule has 0 atom stereocenters. The van der Waals surface area contributed by atoms with Crippen LogP contribution in [0.3, 0.4) is 0 Å². The number of sulfonamides is 1. The highest BCUT2D eigenvalue weighted by Gasteiger charge is 2.27. The van der Waals surface area contributed by atoms with Gasteiger partial charge in [0, 0.05) is 31.1 Å². The monoisotopic (exact) mass is 374 g/mol. The first kappa shape index (κ1) is 19.2. The number of thiophene rings is 1. The molecule has 0 radical (unpaired) electrons. The van der Waals surface area contributed by atoms with Crippen molar-refractivity contribution >= 4 is 27.3 Å². The lowest BCUT2D eigenvalue weighted by Crippen LogP contribution is -2.40. The predicted octanol–water partition coefficient (Wildman–Crippen LogP) is 1.23. The predicted molar refractivity (Wildman–Crippen MR) is 97.0 cm³/mol. The molecule has 2 heterocycles. The third-order valence-corrected chi connectivity index (χ3v) is 6.92. The normalized spacial score (nSPS) is 17.0. The summed E-state index contributed by atoms with van der Waals surface area (Å²) in [5.41, 5.74) is 0. The maximum absolute atomic E-state index is 12.6. The SMILES string of the molecule is CCCNC(=NCc1ccc(S(=O)(=O)N2CCOCC2)s1)NCC. The minimum atomic E-state index is -3.41. The van der Waals surface area contributed by atoms with Crippen LogP contribution in [0.5, 0.6) is 0 Å². The van der Waals surface area contributed by atoms with E-state index in [2.05, 4.69) is 22.5 Å². The van der Waals surface area contributed by atoms with Crippen molar-refractivity contribution in [3.8, 4) is 0 Å². The van der Waals surface area contributed by atoms with Crippen molar-refractivity contribution in [2.45, 2.75) is 31.0 Å². The average Bonchev–Trinajstić information content (AvgIpc) is 3.08. The molecule has 0 amide bonds. The third kappa shape index (κ3) is 5.17. The zero-order valence-electron chi connectivity index (χ0n) is 14.2. The number of morpholine rings is 1. The van der Waals surface area contributed by atoms with E-state index >= 15 is 0 Å². The van der Waals surface area contributed by atoms with Gasteiger partial charge in [0.2, 0.25) is 0 Å². The van der Waals surface area contributed by atoms with Crippen molar-refractivity contribution in [1.82, 2.24) is 14.9 Å². The third-order valence-electron chi connectivity index (χ3n) is 3.48. The number of aliphatic imine (C=N–C) groups is 1. The number of hydrogen-bond acceptors (Lipinski definition) is 5. The van der Waals surface area contributed by atoms with Crippen molar-refractivity contribution in [2.75, 3.05) is 39.4 Å². The van der Waals surface area contributed by atoms with E-state index in [-0.39, 0.29) is 0 Å². The number of nitrogens with one attached hydrogen (secondary N) is 2.